The van der Waals surface area contributed by atoms with Crippen molar-refractivity contribution in [2.24, 2.45) is 0 Å². The van der Waals surface area contributed by atoms with Crippen molar-refractivity contribution in [3.05, 3.63) is 29.8 Å². The summed E-state index contributed by atoms with van der Waals surface area (Å²) in [5.74, 6) is 0.770. The molecule has 0 amide bonds. The van der Waals surface area contributed by atoms with E-state index in [-0.39, 0.29) is 0 Å². The summed E-state index contributed by atoms with van der Waals surface area (Å²) in [5.41, 5.74) is 0.922. The third kappa shape index (κ3) is 3.08. The zero-order valence-electron chi connectivity index (χ0n) is 8.19. The summed E-state index contributed by atoms with van der Waals surface area (Å²) in [5, 5.41) is 8.59. The first-order valence-electron chi connectivity index (χ1n) is 4.45. The van der Waals surface area contributed by atoms with Crippen molar-refractivity contribution in [2.75, 3.05) is 20.3 Å². The van der Waals surface area contributed by atoms with E-state index in [2.05, 4.69) is 6.07 Å². The molecule has 3 nitrogen and oxygen atoms in total. The minimum absolute atomic E-state index is 0.378. The maximum Gasteiger partial charge on any atom is 0.123 e. The second kappa shape index (κ2) is 6.01. The van der Waals surface area contributed by atoms with Crippen LogP contribution < -0.4 is 4.74 Å². The van der Waals surface area contributed by atoms with Gasteiger partial charge >= 0.3 is 0 Å². The van der Waals surface area contributed by atoms with Crippen molar-refractivity contribution < 1.29 is 9.47 Å². The number of para-hydroxylation sites is 1. The maximum atomic E-state index is 8.59. The molecule has 1 aromatic rings. The first kappa shape index (κ1) is 10.6. The molecule has 0 saturated carbocycles. The Kier molecular flexibility index (Phi) is 4.53. The molecule has 0 aliphatic carbocycles. The fourth-order valence-electron chi connectivity index (χ4n) is 1.11. The van der Waals surface area contributed by atoms with Gasteiger partial charge in [-0.15, -0.1) is 0 Å². The normalized spacial score (nSPS) is 9.43. The monoisotopic (exact) mass is 191 g/mol. The van der Waals surface area contributed by atoms with E-state index in [0.29, 0.717) is 19.6 Å². The average molecular weight is 191 g/mol. The molecule has 0 spiro atoms. The Labute approximate surface area is 83.9 Å². The van der Waals surface area contributed by atoms with Gasteiger partial charge in [-0.05, 0) is 6.07 Å². The van der Waals surface area contributed by atoms with Crippen molar-refractivity contribution in [1.82, 2.24) is 0 Å². The molecule has 0 unspecified atom stereocenters. The molecule has 0 heterocycles. The van der Waals surface area contributed by atoms with Crippen molar-refractivity contribution >= 4 is 0 Å². The first-order valence-corrected chi connectivity index (χ1v) is 4.45. The number of ether oxygens (including phenoxy) is 2. The second-order valence-electron chi connectivity index (χ2n) is 2.78. The van der Waals surface area contributed by atoms with Gasteiger partial charge in [-0.1, -0.05) is 18.2 Å². The van der Waals surface area contributed by atoms with Gasteiger partial charge < -0.3 is 9.47 Å². The Bertz CT molecular complexity index is 317. The van der Waals surface area contributed by atoms with Crippen LogP contribution in [0, 0.1) is 11.3 Å². The molecule has 0 radical (unpaired) electrons. The van der Waals surface area contributed by atoms with Crippen LogP contribution in [0.25, 0.3) is 0 Å². The van der Waals surface area contributed by atoms with Crippen LogP contribution in [0.15, 0.2) is 24.3 Å². The Morgan fingerprint density at radius 3 is 2.79 bits per heavy atom. The quantitative estimate of drug-likeness (QED) is 0.666. The van der Waals surface area contributed by atoms with Gasteiger partial charge in [0.1, 0.15) is 12.4 Å². The summed E-state index contributed by atoms with van der Waals surface area (Å²) in [6.07, 6.45) is 0.378. The topological polar surface area (TPSA) is 42.2 Å². The van der Waals surface area contributed by atoms with Gasteiger partial charge in [0, 0.05) is 12.7 Å². The van der Waals surface area contributed by atoms with Crippen molar-refractivity contribution in [3.63, 3.8) is 0 Å². The van der Waals surface area contributed by atoms with E-state index in [9.17, 15) is 0 Å². The molecule has 0 saturated heterocycles. The van der Waals surface area contributed by atoms with Gasteiger partial charge in [-0.3, -0.25) is 0 Å². The molecular formula is C11H13NO2. The Morgan fingerprint density at radius 1 is 1.29 bits per heavy atom. The lowest BCUT2D eigenvalue weighted by Gasteiger charge is -2.08. The molecule has 1 rings (SSSR count). The number of methoxy groups -OCH3 is 1. The standard InChI is InChI=1S/C11H13NO2/c1-13-8-9-14-11-5-3-2-4-10(11)6-7-12/h2-5H,6,8-9H2,1H3. The summed E-state index contributed by atoms with van der Waals surface area (Å²) in [6, 6.07) is 9.65. The lowest BCUT2D eigenvalue weighted by molar-refractivity contribution is 0.146. The molecular weight excluding hydrogens is 178 g/mol. The summed E-state index contributed by atoms with van der Waals surface area (Å²) in [4.78, 5) is 0. The minimum Gasteiger partial charge on any atom is -0.491 e. The predicted molar refractivity (Wildman–Crippen MR) is 53.1 cm³/mol. The SMILES string of the molecule is COCCOc1ccccc1CC#N. The van der Waals surface area contributed by atoms with E-state index in [0.717, 1.165) is 11.3 Å². The molecule has 0 N–H and O–H groups in total. The van der Waals surface area contributed by atoms with Crippen LogP contribution in [0.4, 0.5) is 0 Å². The summed E-state index contributed by atoms with van der Waals surface area (Å²) < 4.78 is 10.3. The Morgan fingerprint density at radius 2 is 2.07 bits per heavy atom. The number of nitrogens with zero attached hydrogens (tertiary/aromatic N) is 1. The van der Waals surface area contributed by atoms with Crippen LogP contribution in [0.2, 0.25) is 0 Å². The van der Waals surface area contributed by atoms with E-state index in [1.807, 2.05) is 24.3 Å². The number of hydrogen-bond acceptors (Lipinski definition) is 3. The van der Waals surface area contributed by atoms with Crippen LogP contribution in [0.5, 0.6) is 5.75 Å². The highest BCUT2D eigenvalue weighted by Crippen LogP contribution is 2.17. The molecule has 3 heteroatoms. The van der Waals surface area contributed by atoms with Crippen LogP contribution in [-0.2, 0) is 11.2 Å². The molecule has 0 aliphatic rings. The lowest BCUT2D eigenvalue weighted by atomic mass is 10.1. The van der Waals surface area contributed by atoms with Crippen LogP contribution in [0.3, 0.4) is 0 Å². The van der Waals surface area contributed by atoms with Crippen LogP contribution in [-0.4, -0.2) is 20.3 Å². The molecule has 0 aromatic heterocycles. The van der Waals surface area contributed by atoms with Gasteiger partial charge in [-0.2, -0.15) is 5.26 Å². The van der Waals surface area contributed by atoms with Gasteiger partial charge in [0.15, 0.2) is 0 Å². The maximum absolute atomic E-state index is 8.59. The smallest absolute Gasteiger partial charge is 0.123 e. The Hall–Kier alpha value is -1.53. The van der Waals surface area contributed by atoms with Gasteiger partial charge in [0.25, 0.3) is 0 Å². The molecule has 14 heavy (non-hydrogen) atoms. The van der Waals surface area contributed by atoms with Crippen molar-refractivity contribution in [2.45, 2.75) is 6.42 Å². The van der Waals surface area contributed by atoms with Gasteiger partial charge in [0.2, 0.25) is 0 Å². The highest BCUT2D eigenvalue weighted by molar-refractivity contribution is 5.35. The molecule has 0 fully saturated rings. The third-order valence-corrected chi connectivity index (χ3v) is 1.79. The van der Waals surface area contributed by atoms with Gasteiger partial charge in [0.05, 0.1) is 19.1 Å². The fourth-order valence-corrected chi connectivity index (χ4v) is 1.11. The largest absolute Gasteiger partial charge is 0.491 e. The summed E-state index contributed by atoms with van der Waals surface area (Å²) >= 11 is 0. The number of hydrogen-bond donors (Lipinski definition) is 0. The van der Waals surface area contributed by atoms with E-state index >= 15 is 0 Å². The number of nitriles is 1. The summed E-state index contributed by atoms with van der Waals surface area (Å²) in [7, 11) is 1.63. The molecule has 0 atom stereocenters. The Balaban J connectivity index is 2.60. The highest BCUT2D eigenvalue weighted by Gasteiger charge is 2.01. The van der Waals surface area contributed by atoms with E-state index in [1.165, 1.54) is 0 Å². The van der Waals surface area contributed by atoms with Crippen molar-refractivity contribution in [3.8, 4) is 11.8 Å². The lowest BCUT2D eigenvalue weighted by Crippen LogP contribution is -2.05. The van der Waals surface area contributed by atoms with E-state index in [4.69, 9.17) is 14.7 Å². The van der Waals surface area contributed by atoms with Crippen LogP contribution >= 0.6 is 0 Å². The first-order chi connectivity index (χ1) is 6.88. The zero-order chi connectivity index (χ0) is 10.2. The average Bonchev–Trinajstić information content (AvgIpc) is 2.21. The molecule has 1 aromatic carbocycles. The molecule has 0 bridgehead atoms. The van der Waals surface area contributed by atoms with E-state index < -0.39 is 0 Å². The number of rotatable bonds is 5. The van der Waals surface area contributed by atoms with E-state index in [1.54, 1.807) is 7.11 Å². The summed E-state index contributed by atoms with van der Waals surface area (Å²) in [6.45, 7) is 1.07. The number of benzene rings is 1. The molecule has 0 aliphatic heterocycles. The predicted octanol–water partition coefficient (Wildman–Crippen LogP) is 1.78. The molecule has 74 valence electrons. The van der Waals surface area contributed by atoms with Crippen molar-refractivity contribution in [1.29, 1.82) is 5.26 Å². The highest BCUT2D eigenvalue weighted by atomic mass is 16.5. The fraction of sp³-hybridized carbons (Fsp3) is 0.364. The minimum atomic E-state index is 0.378. The second-order valence-corrected chi connectivity index (χ2v) is 2.78. The van der Waals surface area contributed by atoms with Gasteiger partial charge in [-0.25, -0.2) is 0 Å². The zero-order valence-corrected chi connectivity index (χ0v) is 8.19. The van der Waals surface area contributed by atoms with Crippen LogP contribution in [0.1, 0.15) is 5.56 Å². The third-order valence-electron chi connectivity index (χ3n) is 1.79.